The Kier molecular flexibility index (Phi) is 6.61. The predicted molar refractivity (Wildman–Crippen MR) is 112 cm³/mol. The van der Waals surface area contributed by atoms with E-state index in [2.05, 4.69) is 4.74 Å². The van der Waals surface area contributed by atoms with E-state index in [0.717, 1.165) is 33.3 Å². The standard InChI is InChI=1S/C22H22N2O10/c1-30-14(25)9-13-16(19(27)32-3)22(17(18(23)34-13)20(28)33-4)11-7-5-6-8-12(11)24(21(22)29)10-15(26)31-2/h5-8H,9-10,23H2,1-4H3/t22-/m0/s1. The molecule has 2 aliphatic rings. The number of carbonyl (C=O) groups is 5. The number of rotatable bonds is 6. The highest BCUT2D eigenvalue weighted by atomic mass is 16.5. The largest absolute Gasteiger partial charge is 0.469 e. The number of carbonyl (C=O) groups excluding carboxylic acids is 5. The summed E-state index contributed by atoms with van der Waals surface area (Å²) < 4.78 is 24.6. The molecule has 2 N–H and O–H groups in total. The highest BCUT2D eigenvalue weighted by Crippen LogP contribution is 2.54. The fraction of sp³-hybridized carbons (Fsp3) is 0.318. The predicted octanol–water partition coefficient (Wildman–Crippen LogP) is -0.192. The van der Waals surface area contributed by atoms with Crippen LogP contribution in [-0.2, 0) is 53.1 Å². The van der Waals surface area contributed by atoms with E-state index in [0.29, 0.717) is 0 Å². The zero-order valence-corrected chi connectivity index (χ0v) is 18.8. The van der Waals surface area contributed by atoms with Crippen molar-refractivity contribution in [2.75, 3.05) is 39.9 Å². The molecule has 0 radical (unpaired) electrons. The fourth-order valence-corrected chi connectivity index (χ4v) is 4.09. The summed E-state index contributed by atoms with van der Waals surface area (Å²) in [6, 6.07) is 6.15. The number of methoxy groups -OCH3 is 4. The van der Waals surface area contributed by atoms with Crippen LogP contribution >= 0.6 is 0 Å². The molecular weight excluding hydrogens is 452 g/mol. The summed E-state index contributed by atoms with van der Waals surface area (Å²) in [7, 11) is 4.37. The Hall–Kier alpha value is -4.35. The zero-order chi connectivity index (χ0) is 25.2. The molecule has 1 aromatic rings. The van der Waals surface area contributed by atoms with E-state index >= 15 is 0 Å². The summed E-state index contributed by atoms with van der Waals surface area (Å²) in [6.45, 7) is -0.538. The van der Waals surface area contributed by atoms with Gasteiger partial charge in [-0.1, -0.05) is 18.2 Å². The van der Waals surface area contributed by atoms with E-state index in [-0.39, 0.29) is 17.0 Å². The molecule has 12 nitrogen and oxygen atoms in total. The number of benzene rings is 1. The van der Waals surface area contributed by atoms with Gasteiger partial charge in [0.05, 0.1) is 28.4 Å². The molecule has 1 aromatic carbocycles. The highest BCUT2D eigenvalue weighted by molar-refractivity contribution is 6.23. The lowest BCUT2D eigenvalue weighted by molar-refractivity contribution is -0.142. The number of hydrogen-bond donors (Lipinski definition) is 1. The highest BCUT2D eigenvalue weighted by Gasteiger charge is 2.64. The quantitative estimate of drug-likeness (QED) is 0.430. The van der Waals surface area contributed by atoms with Crippen molar-refractivity contribution in [3.63, 3.8) is 0 Å². The minimum absolute atomic E-state index is 0.123. The van der Waals surface area contributed by atoms with Crippen molar-refractivity contribution >= 4 is 35.5 Å². The number of anilines is 1. The normalized spacial score (nSPS) is 18.9. The lowest BCUT2D eigenvalue weighted by Crippen LogP contribution is -2.51. The Bertz CT molecular complexity index is 1150. The second-order valence-corrected chi connectivity index (χ2v) is 7.11. The molecule has 0 saturated carbocycles. The first-order chi connectivity index (χ1) is 16.2. The number of ether oxygens (including phenoxy) is 5. The van der Waals surface area contributed by atoms with Gasteiger partial charge in [0.2, 0.25) is 11.8 Å². The summed E-state index contributed by atoms with van der Waals surface area (Å²) in [5.74, 6) is -5.54. The maximum Gasteiger partial charge on any atom is 0.340 e. The molecule has 34 heavy (non-hydrogen) atoms. The molecule has 2 aliphatic heterocycles. The summed E-state index contributed by atoms with van der Waals surface area (Å²) in [5, 5.41) is 0. The smallest absolute Gasteiger partial charge is 0.340 e. The van der Waals surface area contributed by atoms with Gasteiger partial charge >= 0.3 is 23.9 Å². The van der Waals surface area contributed by atoms with Crippen LogP contribution in [0.25, 0.3) is 0 Å². The number of para-hydroxylation sites is 1. The van der Waals surface area contributed by atoms with Crippen LogP contribution in [0.3, 0.4) is 0 Å². The Balaban J connectivity index is 2.46. The van der Waals surface area contributed by atoms with Crippen molar-refractivity contribution in [3.8, 4) is 0 Å². The summed E-state index contributed by atoms with van der Waals surface area (Å²) in [4.78, 5) is 65.4. The minimum Gasteiger partial charge on any atom is -0.469 e. The van der Waals surface area contributed by atoms with Crippen LogP contribution in [0.5, 0.6) is 0 Å². The molecule has 0 aromatic heterocycles. The SMILES string of the molecule is COC(=O)CC1=C(C(=O)OC)[C@]2(C(=O)N(CC(=O)OC)c3ccccc32)C(C(=O)OC)=C(N)O1. The van der Waals surface area contributed by atoms with Gasteiger partial charge in [0.25, 0.3) is 0 Å². The van der Waals surface area contributed by atoms with Gasteiger partial charge < -0.3 is 29.4 Å². The molecule has 0 aliphatic carbocycles. The lowest BCUT2D eigenvalue weighted by Gasteiger charge is -2.36. The number of fused-ring (bicyclic) bond motifs is 2. The Labute approximate surface area is 193 Å². The molecule has 3 rings (SSSR count). The molecule has 0 unspecified atom stereocenters. The third-order valence-corrected chi connectivity index (χ3v) is 5.50. The second kappa shape index (κ2) is 9.25. The summed E-state index contributed by atoms with van der Waals surface area (Å²) in [5.41, 5.74) is 3.18. The van der Waals surface area contributed by atoms with E-state index in [1.54, 1.807) is 12.1 Å². The van der Waals surface area contributed by atoms with Crippen molar-refractivity contribution in [1.82, 2.24) is 0 Å². The van der Waals surface area contributed by atoms with Gasteiger partial charge in [-0.3, -0.25) is 19.3 Å². The van der Waals surface area contributed by atoms with Crippen LogP contribution in [0.1, 0.15) is 12.0 Å². The monoisotopic (exact) mass is 474 g/mol. The van der Waals surface area contributed by atoms with E-state index in [4.69, 9.17) is 24.7 Å². The second-order valence-electron chi connectivity index (χ2n) is 7.11. The summed E-state index contributed by atoms with van der Waals surface area (Å²) >= 11 is 0. The van der Waals surface area contributed by atoms with Crippen LogP contribution < -0.4 is 10.6 Å². The number of nitrogens with zero attached hydrogens (tertiary/aromatic N) is 1. The van der Waals surface area contributed by atoms with Crippen molar-refractivity contribution in [1.29, 1.82) is 0 Å². The van der Waals surface area contributed by atoms with Gasteiger partial charge in [0, 0.05) is 11.3 Å². The Morgan fingerprint density at radius 2 is 1.50 bits per heavy atom. The van der Waals surface area contributed by atoms with Gasteiger partial charge in [-0.05, 0) is 6.07 Å². The van der Waals surface area contributed by atoms with Crippen molar-refractivity contribution < 1.29 is 47.7 Å². The average molecular weight is 474 g/mol. The van der Waals surface area contributed by atoms with E-state index in [1.807, 2.05) is 0 Å². The molecule has 1 spiro atoms. The lowest BCUT2D eigenvalue weighted by atomic mass is 9.67. The minimum atomic E-state index is -2.24. The molecule has 0 saturated heterocycles. The molecule has 1 atom stereocenters. The molecule has 1 amide bonds. The Morgan fingerprint density at radius 1 is 0.912 bits per heavy atom. The zero-order valence-electron chi connectivity index (χ0n) is 18.8. The van der Waals surface area contributed by atoms with Gasteiger partial charge in [-0.25, -0.2) is 9.59 Å². The van der Waals surface area contributed by atoms with E-state index < -0.39 is 65.2 Å². The average Bonchev–Trinajstić information content (AvgIpc) is 3.06. The molecule has 0 fully saturated rings. The maximum atomic E-state index is 14.1. The first-order valence-corrected chi connectivity index (χ1v) is 9.82. The van der Waals surface area contributed by atoms with Gasteiger partial charge in [0.15, 0.2) is 0 Å². The van der Waals surface area contributed by atoms with Crippen LogP contribution in [0, 0.1) is 0 Å². The first-order valence-electron chi connectivity index (χ1n) is 9.82. The van der Waals surface area contributed by atoms with Crippen molar-refractivity contribution in [2.45, 2.75) is 11.8 Å². The molecule has 2 heterocycles. The van der Waals surface area contributed by atoms with Gasteiger partial charge in [-0.15, -0.1) is 0 Å². The van der Waals surface area contributed by atoms with Crippen LogP contribution in [0.15, 0.2) is 47.1 Å². The van der Waals surface area contributed by atoms with Gasteiger partial charge in [0.1, 0.15) is 35.3 Å². The number of amides is 1. The summed E-state index contributed by atoms with van der Waals surface area (Å²) in [6.07, 6.45) is -0.607. The topological polar surface area (TPSA) is 161 Å². The number of hydrogen-bond acceptors (Lipinski definition) is 11. The Morgan fingerprint density at radius 3 is 2.09 bits per heavy atom. The van der Waals surface area contributed by atoms with E-state index in [9.17, 15) is 24.0 Å². The van der Waals surface area contributed by atoms with Crippen LogP contribution in [0.2, 0.25) is 0 Å². The third-order valence-electron chi connectivity index (χ3n) is 5.50. The number of esters is 4. The van der Waals surface area contributed by atoms with Crippen molar-refractivity contribution in [3.05, 3.63) is 52.6 Å². The third kappa shape index (κ3) is 3.52. The van der Waals surface area contributed by atoms with E-state index in [1.165, 1.54) is 12.1 Å². The fourth-order valence-electron chi connectivity index (χ4n) is 4.09. The molecule has 0 bridgehead atoms. The first kappa shape index (κ1) is 24.3. The van der Waals surface area contributed by atoms with Gasteiger partial charge in [-0.2, -0.15) is 0 Å². The molecule has 180 valence electrons. The van der Waals surface area contributed by atoms with Crippen LogP contribution in [0.4, 0.5) is 5.69 Å². The molecule has 12 heteroatoms. The molecular formula is C22H22N2O10. The maximum absolute atomic E-state index is 14.1. The van der Waals surface area contributed by atoms with Crippen LogP contribution in [-0.4, -0.2) is 64.8 Å². The number of nitrogens with two attached hydrogens (primary N) is 1. The van der Waals surface area contributed by atoms with Crippen molar-refractivity contribution in [2.24, 2.45) is 5.73 Å².